The predicted octanol–water partition coefficient (Wildman–Crippen LogP) is 0.819. The van der Waals surface area contributed by atoms with Gasteiger partial charge in [-0.05, 0) is 24.4 Å². The van der Waals surface area contributed by atoms with E-state index in [1.165, 1.54) is 5.46 Å². The van der Waals surface area contributed by atoms with Crippen LogP contribution in [0.15, 0.2) is 18.2 Å². The van der Waals surface area contributed by atoms with E-state index in [0.29, 0.717) is 5.75 Å². The van der Waals surface area contributed by atoms with Crippen molar-refractivity contribution >= 4 is 24.2 Å². The van der Waals surface area contributed by atoms with Crippen LogP contribution in [0.1, 0.15) is 5.69 Å². The fraction of sp³-hybridized carbons (Fsp3) is 0.250. The fourth-order valence-corrected chi connectivity index (χ4v) is 1.89. The van der Waals surface area contributed by atoms with E-state index in [0.717, 1.165) is 22.3 Å². The Morgan fingerprint density at radius 3 is 2.31 bits per heavy atom. The first-order valence-corrected chi connectivity index (χ1v) is 5.15. The first-order chi connectivity index (χ1) is 7.65. The molecule has 3 nitrogen and oxygen atoms in total. The van der Waals surface area contributed by atoms with Crippen LogP contribution in [-0.4, -0.2) is 27.0 Å². The van der Waals surface area contributed by atoms with Gasteiger partial charge in [0.1, 0.15) is 7.85 Å². The Kier molecular flexibility index (Phi) is 2.73. The fourth-order valence-electron chi connectivity index (χ4n) is 1.89. The summed E-state index contributed by atoms with van der Waals surface area (Å²) in [5.74, 6) is 1.45. The minimum atomic E-state index is 0.715. The molecule has 0 aliphatic heterocycles. The van der Waals surface area contributed by atoms with Gasteiger partial charge in [-0.2, -0.15) is 0 Å². The summed E-state index contributed by atoms with van der Waals surface area (Å²) in [5.41, 5.74) is 3.15. The van der Waals surface area contributed by atoms with E-state index in [1.54, 1.807) is 14.2 Å². The van der Waals surface area contributed by atoms with Gasteiger partial charge in [0.15, 0.2) is 11.5 Å². The highest BCUT2D eigenvalue weighted by atomic mass is 16.5. The third kappa shape index (κ3) is 1.71. The standard InChI is InChI=1S/C12H14BNO2/c1-7-4-9(13)8-5-11(15-2)12(16-3)6-10(8)14-7/h4-6H,13H2,1-3H3. The number of hydrogen-bond acceptors (Lipinski definition) is 3. The molecule has 0 saturated carbocycles. The van der Waals surface area contributed by atoms with Crippen LogP contribution in [0.4, 0.5) is 0 Å². The smallest absolute Gasteiger partial charge is 0.162 e. The SMILES string of the molecule is Bc1cc(C)nc2cc(OC)c(OC)cc12. The van der Waals surface area contributed by atoms with Gasteiger partial charge in [-0.3, -0.25) is 4.98 Å². The lowest BCUT2D eigenvalue weighted by Gasteiger charge is -2.10. The topological polar surface area (TPSA) is 31.4 Å². The van der Waals surface area contributed by atoms with Crippen LogP contribution >= 0.6 is 0 Å². The van der Waals surface area contributed by atoms with Gasteiger partial charge in [0.05, 0.1) is 19.7 Å². The zero-order valence-electron chi connectivity index (χ0n) is 10.00. The van der Waals surface area contributed by atoms with Crippen molar-refractivity contribution in [2.45, 2.75) is 6.92 Å². The summed E-state index contributed by atoms with van der Waals surface area (Å²) in [6.07, 6.45) is 0. The number of hydrogen-bond donors (Lipinski definition) is 0. The van der Waals surface area contributed by atoms with E-state index >= 15 is 0 Å². The van der Waals surface area contributed by atoms with Crippen LogP contribution in [0, 0.1) is 6.92 Å². The van der Waals surface area contributed by atoms with Crippen LogP contribution in [-0.2, 0) is 0 Å². The molecule has 0 spiro atoms. The lowest BCUT2D eigenvalue weighted by atomic mass is 9.91. The quantitative estimate of drug-likeness (QED) is 0.695. The molecule has 2 rings (SSSR count). The summed E-state index contributed by atoms with van der Waals surface area (Å²) < 4.78 is 10.5. The Hall–Kier alpha value is -1.71. The van der Waals surface area contributed by atoms with Crippen molar-refractivity contribution in [2.75, 3.05) is 14.2 Å². The van der Waals surface area contributed by atoms with Gasteiger partial charge in [-0.1, -0.05) is 5.46 Å². The summed E-state index contributed by atoms with van der Waals surface area (Å²) >= 11 is 0. The third-order valence-electron chi connectivity index (χ3n) is 2.65. The summed E-state index contributed by atoms with van der Waals surface area (Å²) in [4.78, 5) is 4.48. The van der Waals surface area contributed by atoms with E-state index in [9.17, 15) is 0 Å². The largest absolute Gasteiger partial charge is 0.493 e. The molecule has 0 unspecified atom stereocenters. The molecule has 0 aliphatic carbocycles. The first kappa shape index (κ1) is 10.8. The Labute approximate surface area is 95.8 Å². The Morgan fingerprint density at radius 1 is 1.06 bits per heavy atom. The molecule has 0 fully saturated rings. The van der Waals surface area contributed by atoms with Gasteiger partial charge in [-0.15, -0.1) is 0 Å². The Balaban J connectivity index is 2.78. The summed E-state index contributed by atoms with van der Waals surface area (Å²) in [6.45, 7) is 1.99. The minimum absolute atomic E-state index is 0.715. The molecule has 82 valence electrons. The number of benzene rings is 1. The zero-order chi connectivity index (χ0) is 11.7. The molecule has 0 saturated heterocycles. The maximum absolute atomic E-state index is 5.28. The predicted molar refractivity (Wildman–Crippen MR) is 67.8 cm³/mol. The van der Waals surface area contributed by atoms with E-state index in [2.05, 4.69) is 18.9 Å². The number of rotatable bonds is 2. The number of ether oxygens (including phenoxy) is 2. The van der Waals surface area contributed by atoms with Crippen LogP contribution in [0.2, 0.25) is 0 Å². The highest BCUT2D eigenvalue weighted by molar-refractivity contribution is 6.38. The van der Waals surface area contributed by atoms with Gasteiger partial charge >= 0.3 is 0 Å². The molecular formula is C12H14BNO2. The normalized spacial score (nSPS) is 10.4. The Bertz CT molecular complexity index is 540. The molecule has 2 aromatic rings. The molecule has 0 bridgehead atoms. The molecule has 16 heavy (non-hydrogen) atoms. The summed E-state index contributed by atoms with van der Waals surface area (Å²) in [6, 6.07) is 5.94. The molecule has 0 aliphatic rings. The van der Waals surface area contributed by atoms with E-state index < -0.39 is 0 Å². The molecule has 1 aromatic carbocycles. The lowest BCUT2D eigenvalue weighted by Crippen LogP contribution is -2.07. The van der Waals surface area contributed by atoms with Crippen LogP contribution in [0.25, 0.3) is 10.9 Å². The van der Waals surface area contributed by atoms with Gasteiger partial charge in [0.2, 0.25) is 0 Å². The summed E-state index contributed by atoms with van der Waals surface area (Å²) in [5, 5.41) is 1.10. The van der Waals surface area contributed by atoms with Crippen molar-refractivity contribution in [3.05, 3.63) is 23.9 Å². The second-order valence-electron chi connectivity index (χ2n) is 3.80. The number of aromatic nitrogens is 1. The number of aryl methyl sites for hydroxylation is 1. The molecule has 0 atom stereocenters. The van der Waals surface area contributed by atoms with E-state index in [-0.39, 0.29) is 0 Å². The maximum atomic E-state index is 5.28. The van der Waals surface area contributed by atoms with Crippen molar-refractivity contribution in [3.63, 3.8) is 0 Å². The molecule has 4 heteroatoms. The van der Waals surface area contributed by atoms with E-state index in [4.69, 9.17) is 9.47 Å². The van der Waals surface area contributed by atoms with Gasteiger partial charge in [0, 0.05) is 11.8 Å². The monoisotopic (exact) mass is 215 g/mol. The maximum Gasteiger partial charge on any atom is 0.162 e. The van der Waals surface area contributed by atoms with Crippen molar-refractivity contribution in [1.29, 1.82) is 0 Å². The van der Waals surface area contributed by atoms with Crippen LogP contribution in [0.3, 0.4) is 0 Å². The lowest BCUT2D eigenvalue weighted by molar-refractivity contribution is 0.356. The average molecular weight is 215 g/mol. The molecule has 0 radical (unpaired) electrons. The highest BCUT2D eigenvalue weighted by Gasteiger charge is 2.08. The molecule has 1 heterocycles. The molecule has 0 amide bonds. The number of pyridine rings is 1. The molecule has 0 N–H and O–H groups in total. The zero-order valence-corrected chi connectivity index (χ0v) is 10.00. The number of fused-ring (bicyclic) bond motifs is 1. The van der Waals surface area contributed by atoms with Gasteiger partial charge < -0.3 is 9.47 Å². The van der Waals surface area contributed by atoms with Crippen molar-refractivity contribution in [3.8, 4) is 11.5 Å². The van der Waals surface area contributed by atoms with Crippen LogP contribution < -0.4 is 14.9 Å². The highest BCUT2D eigenvalue weighted by Crippen LogP contribution is 2.30. The molecule has 1 aromatic heterocycles. The third-order valence-corrected chi connectivity index (χ3v) is 2.65. The number of methoxy groups -OCH3 is 2. The van der Waals surface area contributed by atoms with Crippen molar-refractivity contribution in [2.24, 2.45) is 0 Å². The summed E-state index contributed by atoms with van der Waals surface area (Å²) in [7, 11) is 5.34. The number of nitrogens with zero attached hydrogens (tertiary/aromatic N) is 1. The van der Waals surface area contributed by atoms with Gasteiger partial charge in [-0.25, -0.2) is 0 Å². The van der Waals surface area contributed by atoms with Crippen molar-refractivity contribution in [1.82, 2.24) is 4.98 Å². The molecular weight excluding hydrogens is 201 g/mol. The second kappa shape index (κ2) is 4.04. The van der Waals surface area contributed by atoms with E-state index in [1.807, 2.05) is 19.1 Å². The van der Waals surface area contributed by atoms with Crippen molar-refractivity contribution < 1.29 is 9.47 Å². The minimum Gasteiger partial charge on any atom is -0.493 e. The van der Waals surface area contributed by atoms with Crippen LogP contribution in [0.5, 0.6) is 11.5 Å². The second-order valence-corrected chi connectivity index (χ2v) is 3.80. The first-order valence-electron chi connectivity index (χ1n) is 5.15. The van der Waals surface area contributed by atoms with Gasteiger partial charge in [0.25, 0.3) is 0 Å². The Morgan fingerprint density at radius 2 is 1.69 bits per heavy atom. The average Bonchev–Trinajstić information content (AvgIpc) is 2.27.